The third kappa shape index (κ3) is 5.68. The number of amides is 1. The number of carbonyl (C=O) groups excluding carboxylic acids is 1. The van der Waals surface area contributed by atoms with Crippen LogP contribution in [0.2, 0.25) is 0 Å². The molecule has 2 atom stereocenters. The number of nitrogens with one attached hydrogen (secondary N) is 2. The van der Waals surface area contributed by atoms with Gasteiger partial charge in [0, 0.05) is 39.3 Å². The van der Waals surface area contributed by atoms with Crippen molar-refractivity contribution in [1.29, 1.82) is 0 Å². The number of nitrogens with zero attached hydrogens (tertiary/aromatic N) is 2. The molecule has 2 unspecified atom stereocenters. The molecule has 2 fully saturated rings. The van der Waals surface area contributed by atoms with E-state index in [2.05, 4.69) is 15.5 Å². The van der Waals surface area contributed by atoms with Crippen LogP contribution in [-0.4, -0.2) is 73.2 Å². The van der Waals surface area contributed by atoms with Gasteiger partial charge in [-0.25, -0.2) is 0 Å². The number of halogens is 3. The van der Waals surface area contributed by atoms with Gasteiger partial charge in [0.1, 0.15) is 6.04 Å². The van der Waals surface area contributed by atoms with Crippen molar-refractivity contribution >= 4 is 5.91 Å². The largest absolute Gasteiger partial charge is 0.405 e. The van der Waals surface area contributed by atoms with E-state index in [9.17, 15) is 18.0 Å². The van der Waals surface area contributed by atoms with Crippen molar-refractivity contribution < 1.29 is 18.0 Å². The zero-order chi connectivity index (χ0) is 20.0. The first-order chi connectivity index (χ1) is 13.4. The van der Waals surface area contributed by atoms with Crippen molar-refractivity contribution in [3.05, 3.63) is 35.9 Å². The summed E-state index contributed by atoms with van der Waals surface area (Å²) in [5.41, 5.74) is 1.11. The van der Waals surface area contributed by atoms with Gasteiger partial charge in [-0.15, -0.1) is 0 Å². The Hall–Kier alpha value is -1.64. The van der Waals surface area contributed by atoms with E-state index in [4.69, 9.17) is 0 Å². The van der Waals surface area contributed by atoms with Gasteiger partial charge in [-0.3, -0.25) is 14.6 Å². The third-order valence-corrected chi connectivity index (χ3v) is 5.58. The van der Waals surface area contributed by atoms with Crippen molar-refractivity contribution in [3.8, 4) is 0 Å². The van der Waals surface area contributed by atoms with Gasteiger partial charge in [0.05, 0.1) is 6.04 Å². The fourth-order valence-corrected chi connectivity index (χ4v) is 4.06. The maximum atomic E-state index is 13.5. The number of hydrogen-bond donors (Lipinski definition) is 2. The van der Waals surface area contributed by atoms with E-state index in [-0.39, 0.29) is 11.9 Å². The lowest BCUT2D eigenvalue weighted by Crippen LogP contribution is -2.59. The molecule has 0 spiro atoms. The Labute approximate surface area is 164 Å². The summed E-state index contributed by atoms with van der Waals surface area (Å²) in [4.78, 5) is 16.3. The molecule has 5 nitrogen and oxygen atoms in total. The van der Waals surface area contributed by atoms with E-state index in [0.29, 0.717) is 39.1 Å². The first-order valence-corrected chi connectivity index (χ1v) is 10.0. The molecule has 2 heterocycles. The van der Waals surface area contributed by atoms with Crippen LogP contribution in [0.25, 0.3) is 0 Å². The number of benzene rings is 1. The minimum atomic E-state index is -4.36. The SMILES string of the molecule is O=C(NCC(N1CCNCC1)C(F)(F)F)C1CCCCN1Cc1ccccc1. The Morgan fingerprint density at radius 3 is 2.54 bits per heavy atom. The van der Waals surface area contributed by atoms with Gasteiger partial charge in [-0.05, 0) is 24.9 Å². The number of carbonyl (C=O) groups is 1. The molecule has 2 aliphatic rings. The van der Waals surface area contributed by atoms with Gasteiger partial charge < -0.3 is 10.6 Å². The molecule has 0 bridgehead atoms. The van der Waals surface area contributed by atoms with Crippen molar-refractivity contribution in [2.75, 3.05) is 39.3 Å². The van der Waals surface area contributed by atoms with E-state index in [1.54, 1.807) is 0 Å². The predicted molar refractivity (Wildman–Crippen MR) is 102 cm³/mol. The molecule has 2 aliphatic heterocycles. The van der Waals surface area contributed by atoms with E-state index in [1.807, 2.05) is 30.3 Å². The lowest BCUT2D eigenvalue weighted by atomic mass is 10.00. The molecule has 2 saturated heterocycles. The molecule has 2 N–H and O–H groups in total. The number of hydrogen-bond acceptors (Lipinski definition) is 4. The summed E-state index contributed by atoms with van der Waals surface area (Å²) in [5.74, 6) is -0.292. The maximum Gasteiger partial charge on any atom is 0.405 e. The molecule has 0 saturated carbocycles. The van der Waals surface area contributed by atoms with Crippen LogP contribution in [0.5, 0.6) is 0 Å². The normalized spacial score (nSPS) is 23.3. The number of piperidine rings is 1. The zero-order valence-corrected chi connectivity index (χ0v) is 16.0. The summed E-state index contributed by atoms with van der Waals surface area (Å²) in [5, 5.41) is 5.67. The van der Waals surface area contributed by atoms with Crippen LogP contribution in [0, 0.1) is 0 Å². The van der Waals surface area contributed by atoms with Crippen molar-refractivity contribution in [2.45, 2.75) is 44.1 Å². The molecule has 0 radical (unpaired) electrons. The zero-order valence-electron chi connectivity index (χ0n) is 16.0. The molecule has 1 amide bonds. The highest BCUT2D eigenvalue weighted by Gasteiger charge is 2.44. The van der Waals surface area contributed by atoms with Crippen LogP contribution in [0.1, 0.15) is 24.8 Å². The van der Waals surface area contributed by atoms with Crippen molar-refractivity contribution in [2.24, 2.45) is 0 Å². The lowest BCUT2D eigenvalue weighted by Gasteiger charge is -2.37. The van der Waals surface area contributed by atoms with Crippen LogP contribution < -0.4 is 10.6 Å². The van der Waals surface area contributed by atoms with Gasteiger partial charge in [-0.2, -0.15) is 13.2 Å². The molecule has 1 aromatic rings. The molecular formula is C20H29F3N4O. The van der Waals surface area contributed by atoms with Gasteiger partial charge in [-0.1, -0.05) is 36.8 Å². The molecule has 1 aromatic carbocycles. The van der Waals surface area contributed by atoms with E-state index in [1.165, 1.54) is 4.90 Å². The topological polar surface area (TPSA) is 47.6 Å². The van der Waals surface area contributed by atoms with Crippen LogP contribution in [-0.2, 0) is 11.3 Å². The number of likely N-dealkylation sites (tertiary alicyclic amines) is 1. The number of piperazine rings is 1. The Kier molecular flexibility index (Phi) is 7.31. The summed E-state index contributed by atoms with van der Waals surface area (Å²) < 4.78 is 40.6. The fraction of sp³-hybridized carbons (Fsp3) is 0.650. The standard InChI is InChI=1S/C20H29F3N4O/c21-20(22,23)18(26-12-9-24-10-13-26)14-25-19(28)17-8-4-5-11-27(17)15-16-6-2-1-3-7-16/h1-3,6-7,17-18,24H,4-5,8-15H2,(H,25,28). The number of alkyl halides is 3. The molecular weight excluding hydrogens is 369 g/mol. The first-order valence-electron chi connectivity index (χ1n) is 10.0. The highest BCUT2D eigenvalue weighted by Crippen LogP contribution is 2.25. The predicted octanol–water partition coefficient (Wildman–Crippen LogP) is 1.99. The highest BCUT2D eigenvalue weighted by molar-refractivity contribution is 5.81. The number of rotatable bonds is 6. The average molecular weight is 398 g/mol. The second kappa shape index (κ2) is 9.71. The van der Waals surface area contributed by atoms with Gasteiger partial charge in [0.25, 0.3) is 0 Å². The second-order valence-electron chi connectivity index (χ2n) is 7.56. The molecule has 28 heavy (non-hydrogen) atoms. The van der Waals surface area contributed by atoms with Gasteiger partial charge in [0.15, 0.2) is 0 Å². The molecule has 0 aliphatic carbocycles. The molecule has 0 aromatic heterocycles. The van der Waals surface area contributed by atoms with E-state index >= 15 is 0 Å². The molecule has 3 rings (SSSR count). The highest BCUT2D eigenvalue weighted by atomic mass is 19.4. The first kappa shape index (κ1) is 21.1. The monoisotopic (exact) mass is 398 g/mol. The molecule has 156 valence electrons. The fourth-order valence-electron chi connectivity index (χ4n) is 4.06. The average Bonchev–Trinajstić information content (AvgIpc) is 2.69. The maximum absolute atomic E-state index is 13.5. The van der Waals surface area contributed by atoms with Crippen LogP contribution in [0.3, 0.4) is 0 Å². The van der Waals surface area contributed by atoms with Crippen LogP contribution >= 0.6 is 0 Å². The third-order valence-electron chi connectivity index (χ3n) is 5.58. The quantitative estimate of drug-likeness (QED) is 0.770. The minimum absolute atomic E-state index is 0.292. The van der Waals surface area contributed by atoms with Gasteiger partial charge in [0.2, 0.25) is 5.91 Å². The second-order valence-corrected chi connectivity index (χ2v) is 7.56. The Morgan fingerprint density at radius 2 is 1.86 bits per heavy atom. The lowest BCUT2D eigenvalue weighted by molar-refractivity contribution is -0.184. The van der Waals surface area contributed by atoms with E-state index < -0.39 is 18.8 Å². The van der Waals surface area contributed by atoms with Gasteiger partial charge >= 0.3 is 6.18 Å². The molecule has 8 heteroatoms. The minimum Gasteiger partial charge on any atom is -0.353 e. The summed E-state index contributed by atoms with van der Waals surface area (Å²) in [6.07, 6.45) is -1.75. The summed E-state index contributed by atoms with van der Waals surface area (Å²) in [7, 11) is 0. The smallest absolute Gasteiger partial charge is 0.353 e. The summed E-state index contributed by atoms with van der Waals surface area (Å²) in [6, 6.07) is 7.86. The van der Waals surface area contributed by atoms with Crippen molar-refractivity contribution in [3.63, 3.8) is 0 Å². The van der Waals surface area contributed by atoms with Crippen LogP contribution in [0.15, 0.2) is 30.3 Å². The summed E-state index contributed by atoms with van der Waals surface area (Å²) in [6.45, 7) is 2.78. The summed E-state index contributed by atoms with van der Waals surface area (Å²) >= 11 is 0. The Balaban J connectivity index is 1.60. The Morgan fingerprint density at radius 1 is 1.14 bits per heavy atom. The van der Waals surface area contributed by atoms with Crippen LogP contribution in [0.4, 0.5) is 13.2 Å². The Bertz CT molecular complexity index is 620. The van der Waals surface area contributed by atoms with Crippen molar-refractivity contribution in [1.82, 2.24) is 20.4 Å². The van der Waals surface area contributed by atoms with E-state index in [0.717, 1.165) is 24.9 Å².